The largest absolute Gasteiger partial charge is 0.456 e. The Morgan fingerprint density at radius 2 is 1.66 bits per heavy atom. The van der Waals surface area contributed by atoms with Crippen LogP contribution in [0.4, 0.5) is 0 Å². The summed E-state index contributed by atoms with van der Waals surface area (Å²) < 4.78 is 6.24. The van der Waals surface area contributed by atoms with Gasteiger partial charge in [-0.3, -0.25) is 0 Å². The fraction of sp³-hybridized carbons (Fsp3) is 0.370. The summed E-state index contributed by atoms with van der Waals surface area (Å²) in [5.41, 5.74) is 6.24. The van der Waals surface area contributed by atoms with Gasteiger partial charge in [-0.15, -0.1) is 0 Å². The predicted octanol–water partition coefficient (Wildman–Crippen LogP) is 5.31. The Labute approximate surface area is 175 Å². The number of rotatable bonds is 7. The molecular formula is C27H32NO+. The molecule has 0 amide bonds. The number of hydrogen-bond acceptors (Lipinski definition) is 1. The zero-order valence-electron chi connectivity index (χ0n) is 17.5. The fourth-order valence-corrected chi connectivity index (χ4v) is 4.13. The lowest BCUT2D eigenvalue weighted by molar-refractivity contribution is -0.456. The Balaban J connectivity index is 1.37. The van der Waals surface area contributed by atoms with Gasteiger partial charge in [0.1, 0.15) is 18.1 Å². The Kier molecular flexibility index (Phi) is 6.61. The van der Waals surface area contributed by atoms with Gasteiger partial charge in [0.15, 0.2) is 5.71 Å². The lowest BCUT2D eigenvalue weighted by Gasteiger charge is -2.21. The second-order valence-corrected chi connectivity index (χ2v) is 8.06. The second-order valence-electron chi connectivity index (χ2n) is 8.06. The average molecular weight is 387 g/mol. The van der Waals surface area contributed by atoms with Gasteiger partial charge in [0.05, 0.1) is 0 Å². The van der Waals surface area contributed by atoms with Crippen molar-refractivity contribution in [3.05, 3.63) is 76.6 Å². The normalized spacial score (nSPS) is 16.7. The van der Waals surface area contributed by atoms with Crippen LogP contribution in [0.25, 0.3) is 12.2 Å². The minimum Gasteiger partial charge on any atom is -0.456 e. The van der Waals surface area contributed by atoms with E-state index >= 15 is 0 Å². The molecule has 0 bridgehead atoms. The van der Waals surface area contributed by atoms with Crippen LogP contribution in [0.2, 0.25) is 0 Å². The van der Waals surface area contributed by atoms with E-state index in [2.05, 4.69) is 72.7 Å². The first-order valence-corrected chi connectivity index (χ1v) is 11.2. The topological polar surface area (TPSA) is 23.2 Å². The molecule has 4 rings (SSSR count). The Hall–Kier alpha value is -2.61. The van der Waals surface area contributed by atoms with Gasteiger partial charge in [0.2, 0.25) is 0 Å². The molecule has 1 N–H and O–H groups in total. The summed E-state index contributed by atoms with van der Waals surface area (Å²) >= 11 is 0. The monoisotopic (exact) mass is 386 g/mol. The number of ether oxygens (including phenoxy) is 1. The minimum atomic E-state index is 0.916. The molecule has 1 aliphatic heterocycles. The highest BCUT2D eigenvalue weighted by Gasteiger charge is 2.18. The van der Waals surface area contributed by atoms with Crippen molar-refractivity contribution in [1.82, 2.24) is 0 Å². The number of hydrogen-bond donors (Lipinski definition) is 1. The van der Waals surface area contributed by atoms with Gasteiger partial charge >= 0.3 is 0 Å². The van der Waals surface area contributed by atoms with Gasteiger partial charge < -0.3 is 4.74 Å². The fourth-order valence-electron chi connectivity index (χ4n) is 4.13. The van der Waals surface area contributed by atoms with E-state index in [1.807, 2.05) is 0 Å². The van der Waals surface area contributed by atoms with Crippen molar-refractivity contribution >= 4 is 17.9 Å². The molecule has 0 saturated heterocycles. The average Bonchev–Trinajstić information content (AvgIpc) is 2.78. The van der Waals surface area contributed by atoms with Crippen molar-refractivity contribution in [3.8, 4) is 5.75 Å². The van der Waals surface area contributed by atoms with E-state index < -0.39 is 0 Å². The van der Waals surface area contributed by atoms with E-state index in [0.717, 1.165) is 36.5 Å². The van der Waals surface area contributed by atoms with E-state index in [1.54, 1.807) is 0 Å². The van der Waals surface area contributed by atoms with Gasteiger partial charge in [0, 0.05) is 29.7 Å². The molecule has 2 heteroatoms. The third-order valence-electron chi connectivity index (χ3n) is 5.85. The Morgan fingerprint density at radius 3 is 2.52 bits per heavy atom. The van der Waals surface area contributed by atoms with Crippen LogP contribution in [0.1, 0.15) is 68.6 Å². The van der Waals surface area contributed by atoms with Crippen LogP contribution in [-0.4, -0.2) is 12.3 Å². The molecule has 0 saturated carbocycles. The molecular weight excluding hydrogens is 354 g/mol. The molecule has 0 atom stereocenters. The standard InChI is InChI=1S/C27H31NO/c1-2-3-4-5-6-9-20-28-23-15-12-22(13-16-23)26-19-17-25-24-11-8-7-10-21(24)14-18-27(25)29-26/h8,11-19H,2-7,9-10,20H2,1H3/p+1. The predicted molar refractivity (Wildman–Crippen MR) is 123 cm³/mol. The smallest absolute Gasteiger partial charge is 0.198 e. The molecule has 150 valence electrons. The number of allylic oxidation sites excluding steroid dienone is 7. The number of aryl methyl sites for hydroxylation is 1. The van der Waals surface area contributed by atoms with E-state index in [1.165, 1.54) is 60.9 Å². The lowest BCUT2D eigenvalue weighted by atomic mass is 9.91. The molecule has 0 spiro atoms. The van der Waals surface area contributed by atoms with Crippen LogP contribution in [0.3, 0.4) is 0 Å². The zero-order chi connectivity index (χ0) is 19.9. The first kappa shape index (κ1) is 19.7. The summed E-state index contributed by atoms with van der Waals surface area (Å²) in [6.07, 6.45) is 27.6. The molecule has 0 fully saturated rings. The third kappa shape index (κ3) is 4.87. The van der Waals surface area contributed by atoms with Gasteiger partial charge in [0.25, 0.3) is 0 Å². The van der Waals surface area contributed by atoms with Crippen LogP contribution >= 0.6 is 0 Å². The highest BCUT2D eigenvalue weighted by molar-refractivity contribution is 6.01. The molecule has 1 aromatic rings. The Bertz CT molecular complexity index is 906. The first-order chi connectivity index (χ1) is 14.3. The molecule has 3 aliphatic rings. The molecule has 2 aliphatic carbocycles. The van der Waals surface area contributed by atoms with E-state index in [0.29, 0.717) is 0 Å². The number of nitrogens with one attached hydrogen (secondary N) is 1. The summed E-state index contributed by atoms with van der Waals surface area (Å²) in [6.45, 7) is 3.31. The molecule has 1 heterocycles. The highest BCUT2D eigenvalue weighted by Crippen LogP contribution is 2.36. The van der Waals surface area contributed by atoms with Crippen molar-refractivity contribution in [1.29, 1.82) is 0 Å². The summed E-state index contributed by atoms with van der Waals surface area (Å²) in [7, 11) is 0. The molecule has 0 aromatic heterocycles. The van der Waals surface area contributed by atoms with E-state index in [-0.39, 0.29) is 0 Å². The summed E-state index contributed by atoms with van der Waals surface area (Å²) in [4.78, 5) is 3.54. The zero-order valence-corrected chi connectivity index (χ0v) is 17.5. The van der Waals surface area contributed by atoms with Gasteiger partial charge in [-0.1, -0.05) is 50.8 Å². The van der Waals surface area contributed by atoms with Crippen molar-refractivity contribution in [2.75, 3.05) is 6.54 Å². The number of fused-ring (bicyclic) bond motifs is 3. The maximum atomic E-state index is 6.24. The van der Waals surface area contributed by atoms with Gasteiger partial charge in [-0.05, 0) is 60.8 Å². The molecule has 0 unspecified atom stereocenters. The summed E-state index contributed by atoms with van der Waals surface area (Å²) in [5.74, 6) is 1.87. The van der Waals surface area contributed by atoms with Crippen molar-refractivity contribution in [2.45, 2.75) is 58.3 Å². The summed E-state index contributed by atoms with van der Waals surface area (Å²) in [6, 6.07) is 4.33. The lowest BCUT2D eigenvalue weighted by Crippen LogP contribution is -2.72. The number of unbranched alkanes of at least 4 members (excludes halogenated alkanes) is 5. The van der Waals surface area contributed by atoms with E-state index in [4.69, 9.17) is 4.74 Å². The maximum Gasteiger partial charge on any atom is 0.198 e. The van der Waals surface area contributed by atoms with E-state index in [9.17, 15) is 0 Å². The van der Waals surface area contributed by atoms with Crippen LogP contribution in [0.5, 0.6) is 5.75 Å². The molecule has 2 nitrogen and oxygen atoms in total. The Morgan fingerprint density at radius 1 is 0.828 bits per heavy atom. The summed E-state index contributed by atoms with van der Waals surface area (Å²) in [5, 5.41) is 0. The van der Waals surface area contributed by atoms with Gasteiger partial charge in [-0.2, -0.15) is 0 Å². The quantitative estimate of drug-likeness (QED) is 0.630. The minimum absolute atomic E-state index is 0.916. The molecule has 29 heavy (non-hydrogen) atoms. The second kappa shape index (κ2) is 9.73. The SMILES string of the molecule is CCCCCCCC[NH+]=C1C=CC(=C2C=Cc3c(ccc4c3C=CCC4)O2)C=C1. The van der Waals surface area contributed by atoms with Crippen molar-refractivity contribution < 1.29 is 9.73 Å². The number of benzene rings is 1. The van der Waals surface area contributed by atoms with Crippen LogP contribution in [0, 0.1) is 0 Å². The first-order valence-electron chi connectivity index (χ1n) is 11.2. The van der Waals surface area contributed by atoms with Crippen molar-refractivity contribution in [2.24, 2.45) is 0 Å². The van der Waals surface area contributed by atoms with Crippen LogP contribution < -0.4 is 9.73 Å². The molecule has 0 radical (unpaired) electrons. The maximum absolute atomic E-state index is 6.24. The van der Waals surface area contributed by atoms with Crippen LogP contribution in [-0.2, 0) is 6.42 Å². The highest BCUT2D eigenvalue weighted by atomic mass is 16.5. The molecule has 1 aromatic carbocycles. The van der Waals surface area contributed by atoms with Crippen molar-refractivity contribution in [3.63, 3.8) is 0 Å². The van der Waals surface area contributed by atoms with Crippen LogP contribution in [0.15, 0.2) is 59.9 Å². The van der Waals surface area contributed by atoms with Gasteiger partial charge in [-0.25, -0.2) is 4.99 Å². The third-order valence-corrected chi connectivity index (χ3v) is 5.85.